The number of fused-ring (bicyclic) bond motifs is 1. The quantitative estimate of drug-likeness (QED) is 0.150. The fraction of sp³-hybridized carbons (Fsp3) is 0.306. The molecule has 0 aliphatic carbocycles. The molecule has 246 valence electrons. The van der Waals surface area contributed by atoms with Crippen molar-refractivity contribution >= 4 is 23.4 Å². The van der Waals surface area contributed by atoms with Crippen LogP contribution in [-0.4, -0.2) is 51.7 Å². The first-order valence-electron chi connectivity index (χ1n) is 15.1. The summed E-state index contributed by atoms with van der Waals surface area (Å²) in [4.78, 5) is 32.9. The number of ether oxygens (including phenoxy) is 6. The van der Waals surface area contributed by atoms with Gasteiger partial charge in [0.2, 0.25) is 0 Å². The molecule has 1 atom stereocenters. The predicted molar refractivity (Wildman–Crippen MR) is 179 cm³/mol. The van der Waals surface area contributed by atoms with Crippen LogP contribution in [0.3, 0.4) is 0 Å². The fourth-order valence-corrected chi connectivity index (χ4v) is 6.43. The predicted octanol–water partition coefficient (Wildman–Crippen LogP) is 4.73. The highest BCUT2D eigenvalue weighted by molar-refractivity contribution is 7.07. The smallest absolute Gasteiger partial charge is 0.338 e. The monoisotopic (exact) mass is 658 g/mol. The maximum absolute atomic E-state index is 14.2. The Bertz CT molecular complexity index is 1980. The van der Waals surface area contributed by atoms with Crippen molar-refractivity contribution in [2.45, 2.75) is 33.4 Å². The molecule has 2 heterocycles. The van der Waals surface area contributed by atoms with Gasteiger partial charge in [0.15, 0.2) is 27.8 Å². The van der Waals surface area contributed by atoms with Crippen molar-refractivity contribution in [3.05, 3.63) is 114 Å². The van der Waals surface area contributed by atoms with E-state index in [9.17, 15) is 9.59 Å². The molecule has 0 unspecified atom stereocenters. The first-order valence-corrected chi connectivity index (χ1v) is 16.0. The number of hydrogen-bond donors (Lipinski definition) is 0. The van der Waals surface area contributed by atoms with E-state index in [2.05, 4.69) is 6.07 Å². The van der Waals surface area contributed by atoms with E-state index in [4.69, 9.17) is 33.4 Å². The normalized spacial score (nSPS) is 14.3. The van der Waals surface area contributed by atoms with E-state index >= 15 is 0 Å². The number of rotatable bonds is 13. The Morgan fingerprint density at radius 2 is 1.72 bits per heavy atom. The van der Waals surface area contributed by atoms with Crippen LogP contribution < -0.4 is 33.8 Å². The zero-order valence-corrected chi connectivity index (χ0v) is 28.1. The second-order valence-corrected chi connectivity index (χ2v) is 11.7. The number of allylic oxidation sites excluding steroid dienone is 1. The summed E-state index contributed by atoms with van der Waals surface area (Å²) in [6.07, 6.45) is 1.78. The van der Waals surface area contributed by atoms with Gasteiger partial charge in [-0.25, -0.2) is 9.79 Å². The number of para-hydroxylation sites is 1. The Balaban J connectivity index is 1.59. The molecule has 3 aromatic carbocycles. The van der Waals surface area contributed by atoms with E-state index in [1.807, 2.05) is 56.3 Å². The molecule has 0 spiro atoms. The lowest BCUT2D eigenvalue weighted by Gasteiger charge is -2.27. The Hall–Kier alpha value is -4.87. The van der Waals surface area contributed by atoms with Gasteiger partial charge >= 0.3 is 5.97 Å². The van der Waals surface area contributed by atoms with Crippen molar-refractivity contribution in [3.8, 4) is 23.0 Å². The van der Waals surface area contributed by atoms with Crippen LogP contribution in [-0.2, 0) is 20.9 Å². The van der Waals surface area contributed by atoms with Gasteiger partial charge in [-0.15, -0.1) is 0 Å². The molecule has 0 saturated carbocycles. The van der Waals surface area contributed by atoms with Crippen LogP contribution in [0.25, 0.3) is 6.08 Å². The molecule has 10 nitrogen and oxygen atoms in total. The average Bonchev–Trinajstić information content (AvgIpc) is 3.37. The minimum atomic E-state index is -0.882. The summed E-state index contributed by atoms with van der Waals surface area (Å²) in [5.41, 5.74) is 3.85. The molecule has 0 amide bonds. The van der Waals surface area contributed by atoms with Crippen molar-refractivity contribution in [2.75, 3.05) is 41.2 Å². The van der Waals surface area contributed by atoms with E-state index in [0.29, 0.717) is 56.8 Å². The van der Waals surface area contributed by atoms with Crippen LogP contribution in [0.2, 0.25) is 0 Å². The first-order chi connectivity index (χ1) is 22.8. The number of methoxy groups -OCH3 is 3. The van der Waals surface area contributed by atoms with Crippen LogP contribution in [0, 0.1) is 6.92 Å². The second-order valence-electron chi connectivity index (χ2n) is 10.7. The molecule has 4 aromatic rings. The Labute approximate surface area is 277 Å². The highest BCUT2D eigenvalue weighted by Gasteiger charge is 2.36. The van der Waals surface area contributed by atoms with Crippen LogP contribution in [0.5, 0.6) is 23.0 Å². The van der Waals surface area contributed by atoms with Gasteiger partial charge in [0.25, 0.3) is 5.56 Å². The molecule has 0 radical (unpaired) electrons. The van der Waals surface area contributed by atoms with Gasteiger partial charge in [-0.1, -0.05) is 59.4 Å². The number of carbonyl (C=O) groups is 1. The average molecular weight is 659 g/mol. The number of hydrogen-bond acceptors (Lipinski definition) is 10. The minimum Gasteiger partial charge on any atom is -0.493 e. The largest absolute Gasteiger partial charge is 0.493 e. The minimum absolute atomic E-state index is 0.0478. The summed E-state index contributed by atoms with van der Waals surface area (Å²) in [6, 6.07) is 18.1. The van der Waals surface area contributed by atoms with Crippen LogP contribution in [0.1, 0.15) is 42.1 Å². The van der Waals surface area contributed by atoms with Gasteiger partial charge in [0.1, 0.15) is 19.3 Å². The van der Waals surface area contributed by atoms with E-state index in [1.165, 1.54) is 23.0 Å². The highest BCUT2D eigenvalue weighted by Crippen LogP contribution is 2.41. The molecule has 0 N–H and O–H groups in total. The zero-order valence-electron chi connectivity index (χ0n) is 27.3. The molecule has 1 aliphatic rings. The van der Waals surface area contributed by atoms with E-state index in [0.717, 1.165) is 16.7 Å². The van der Waals surface area contributed by atoms with Crippen LogP contribution >= 0.6 is 11.3 Å². The third-order valence-corrected chi connectivity index (χ3v) is 8.52. The number of thiazole rings is 1. The lowest BCUT2D eigenvalue weighted by molar-refractivity contribution is -0.140. The number of esters is 1. The summed E-state index contributed by atoms with van der Waals surface area (Å²) in [7, 11) is 4.65. The van der Waals surface area contributed by atoms with Gasteiger partial charge in [-0.3, -0.25) is 9.36 Å². The van der Waals surface area contributed by atoms with Crippen LogP contribution in [0.15, 0.2) is 81.7 Å². The lowest BCUT2D eigenvalue weighted by Crippen LogP contribution is -2.40. The zero-order chi connectivity index (χ0) is 33.5. The third-order valence-electron chi connectivity index (χ3n) is 7.54. The highest BCUT2D eigenvalue weighted by atomic mass is 32.1. The molecule has 5 rings (SSSR count). The summed E-state index contributed by atoms with van der Waals surface area (Å²) in [5.74, 6) is 1.43. The van der Waals surface area contributed by atoms with E-state index in [1.54, 1.807) is 39.4 Å². The van der Waals surface area contributed by atoms with Crippen molar-refractivity contribution < 1.29 is 33.2 Å². The van der Waals surface area contributed by atoms with Crippen molar-refractivity contribution in [2.24, 2.45) is 4.99 Å². The molecular weight excluding hydrogens is 620 g/mol. The summed E-state index contributed by atoms with van der Waals surface area (Å²) < 4.78 is 35.9. The fourth-order valence-electron chi connectivity index (χ4n) is 5.39. The topological polar surface area (TPSA) is 107 Å². The maximum Gasteiger partial charge on any atom is 0.338 e. The van der Waals surface area contributed by atoms with Gasteiger partial charge in [-0.2, -0.15) is 0 Å². The number of carbonyl (C=O) groups excluding carboxylic acids is 1. The molecule has 1 aromatic heterocycles. The number of nitrogens with zero attached hydrogens (tertiary/aromatic N) is 2. The van der Waals surface area contributed by atoms with Gasteiger partial charge in [0.05, 0.1) is 43.2 Å². The van der Waals surface area contributed by atoms with Gasteiger partial charge in [0, 0.05) is 12.7 Å². The van der Waals surface area contributed by atoms with E-state index in [-0.39, 0.29) is 24.3 Å². The Morgan fingerprint density at radius 3 is 2.45 bits per heavy atom. The second kappa shape index (κ2) is 15.1. The van der Waals surface area contributed by atoms with Crippen molar-refractivity contribution in [1.29, 1.82) is 0 Å². The van der Waals surface area contributed by atoms with Gasteiger partial charge < -0.3 is 28.4 Å². The molecule has 47 heavy (non-hydrogen) atoms. The van der Waals surface area contributed by atoms with Crippen molar-refractivity contribution in [3.63, 3.8) is 0 Å². The molecule has 0 saturated heterocycles. The third kappa shape index (κ3) is 7.26. The maximum atomic E-state index is 14.2. The first kappa shape index (κ1) is 33.5. The Morgan fingerprint density at radius 1 is 0.936 bits per heavy atom. The summed E-state index contributed by atoms with van der Waals surface area (Å²) >= 11 is 1.23. The molecule has 1 aliphatic heterocycles. The summed E-state index contributed by atoms with van der Waals surface area (Å²) in [5, 5.41) is 0. The number of aromatic nitrogens is 1. The van der Waals surface area contributed by atoms with E-state index < -0.39 is 12.0 Å². The Kier molecular flexibility index (Phi) is 10.8. The van der Waals surface area contributed by atoms with Gasteiger partial charge in [-0.05, 0) is 56.2 Å². The molecule has 0 fully saturated rings. The molecule has 11 heteroatoms. The molecule has 0 bridgehead atoms. The molecular formula is C36H38N2O8S. The van der Waals surface area contributed by atoms with Crippen LogP contribution in [0.4, 0.5) is 0 Å². The lowest BCUT2D eigenvalue weighted by atomic mass is 9.94. The standard InChI is InChI=1S/C36H38N2O8S/c1-7-44-33-26(12-9-13-28(33)42-5)32-31(35(40)45-17-16-41-4)23(3)37-36-38(32)34(39)30(47-36)20-24-14-15-27(29(19-24)43-6)46-21-25-11-8-10-22(2)18-25/h8-15,18-20,32H,7,16-17,21H2,1-6H3/b30-20+/t32-/m0/s1. The number of benzene rings is 3. The van der Waals surface area contributed by atoms with Crippen molar-refractivity contribution in [1.82, 2.24) is 4.57 Å². The summed E-state index contributed by atoms with van der Waals surface area (Å²) in [6.45, 7) is 6.64. The number of aryl methyl sites for hydroxylation is 1. The SMILES string of the molecule is CCOc1c(OC)cccc1[C@H]1C(C(=O)OCCOC)=C(C)N=c2s/c(=C/c3ccc(OCc4cccc(C)c4)c(OC)c3)c(=O)n21.